The summed E-state index contributed by atoms with van der Waals surface area (Å²) >= 11 is 0. The Morgan fingerprint density at radius 3 is 2.84 bits per heavy atom. The van der Waals surface area contributed by atoms with Gasteiger partial charge in [-0.1, -0.05) is 48.5 Å². The van der Waals surface area contributed by atoms with Gasteiger partial charge in [0.1, 0.15) is 6.10 Å². The van der Waals surface area contributed by atoms with Crippen LogP contribution in [-0.2, 0) is 20.6 Å². The third-order valence-corrected chi connectivity index (χ3v) is 6.27. The maximum atomic E-state index is 12.7. The SMILES string of the molecule is C[C@]12CCC[C@H](O1)[C@H]([C@@H](OC(=O)NCCc1c[nH]c3ccccc13)c1ccccc1)O2. The number of aromatic nitrogens is 1. The van der Waals surface area contributed by atoms with Gasteiger partial charge in [-0.15, -0.1) is 0 Å². The van der Waals surface area contributed by atoms with Gasteiger partial charge < -0.3 is 24.5 Å². The van der Waals surface area contributed by atoms with Crippen LogP contribution in [0.1, 0.15) is 43.4 Å². The van der Waals surface area contributed by atoms with E-state index in [1.54, 1.807) is 0 Å². The highest BCUT2D eigenvalue weighted by Gasteiger charge is 2.51. The Balaban J connectivity index is 1.25. The zero-order chi connectivity index (χ0) is 21.3. The van der Waals surface area contributed by atoms with Gasteiger partial charge in [0.2, 0.25) is 0 Å². The lowest BCUT2D eigenvalue weighted by Crippen LogP contribution is -2.36. The summed E-state index contributed by atoms with van der Waals surface area (Å²) in [6.45, 7) is 2.47. The van der Waals surface area contributed by atoms with Gasteiger partial charge >= 0.3 is 6.09 Å². The summed E-state index contributed by atoms with van der Waals surface area (Å²) in [5, 5.41) is 4.08. The van der Waals surface area contributed by atoms with Crippen molar-refractivity contribution in [1.29, 1.82) is 0 Å². The molecule has 162 valence electrons. The third kappa shape index (κ3) is 4.18. The van der Waals surface area contributed by atoms with Gasteiger partial charge in [0.05, 0.1) is 6.10 Å². The molecule has 2 bridgehead atoms. The number of alkyl carbamates (subject to hydrolysis) is 1. The lowest BCUT2D eigenvalue weighted by molar-refractivity contribution is -0.184. The lowest BCUT2D eigenvalue weighted by Gasteiger charge is -2.27. The molecule has 2 aromatic carbocycles. The Hall–Kier alpha value is -2.83. The first kappa shape index (κ1) is 20.1. The monoisotopic (exact) mass is 420 g/mol. The maximum Gasteiger partial charge on any atom is 0.407 e. The Bertz CT molecular complexity index is 1050. The molecular formula is C25H28N2O4. The molecule has 0 aliphatic carbocycles. The normalized spacial score (nSPS) is 26.0. The fourth-order valence-electron chi connectivity index (χ4n) is 4.76. The second-order valence-electron chi connectivity index (χ2n) is 8.54. The first-order valence-electron chi connectivity index (χ1n) is 11.0. The number of aromatic amines is 1. The van der Waals surface area contributed by atoms with E-state index in [1.807, 2.05) is 61.7 Å². The van der Waals surface area contributed by atoms with Crippen LogP contribution < -0.4 is 5.32 Å². The highest BCUT2D eigenvalue weighted by Crippen LogP contribution is 2.44. The van der Waals surface area contributed by atoms with Crippen LogP contribution in [0, 0.1) is 0 Å². The zero-order valence-electron chi connectivity index (χ0n) is 17.7. The summed E-state index contributed by atoms with van der Waals surface area (Å²) in [5.41, 5.74) is 3.19. The number of benzene rings is 2. The molecule has 31 heavy (non-hydrogen) atoms. The zero-order valence-corrected chi connectivity index (χ0v) is 17.7. The number of fused-ring (bicyclic) bond motifs is 3. The Kier molecular flexibility index (Phi) is 5.42. The summed E-state index contributed by atoms with van der Waals surface area (Å²) < 4.78 is 18.3. The van der Waals surface area contributed by atoms with Crippen LogP contribution in [0.3, 0.4) is 0 Å². The van der Waals surface area contributed by atoms with Crippen molar-refractivity contribution in [3.05, 3.63) is 71.9 Å². The molecule has 3 heterocycles. The van der Waals surface area contributed by atoms with Gasteiger partial charge in [-0.2, -0.15) is 0 Å². The lowest BCUT2D eigenvalue weighted by atomic mass is 9.96. The van der Waals surface area contributed by atoms with E-state index < -0.39 is 18.0 Å². The van der Waals surface area contributed by atoms with Crippen molar-refractivity contribution in [2.45, 2.75) is 56.7 Å². The summed E-state index contributed by atoms with van der Waals surface area (Å²) in [4.78, 5) is 16.0. The van der Waals surface area contributed by atoms with Gasteiger partial charge in [-0.3, -0.25) is 0 Å². The third-order valence-electron chi connectivity index (χ3n) is 6.27. The molecule has 1 amide bonds. The second kappa shape index (κ2) is 8.36. The van der Waals surface area contributed by atoms with Crippen molar-refractivity contribution in [3.63, 3.8) is 0 Å². The van der Waals surface area contributed by atoms with Gasteiger partial charge in [0.15, 0.2) is 11.9 Å². The maximum absolute atomic E-state index is 12.7. The van der Waals surface area contributed by atoms with E-state index in [9.17, 15) is 4.79 Å². The molecule has 2 aliphatic heterocycles. The molecule has 3 aromatic rings. The van der Waals surface area contributed by atoms with E-state index in [-0.39, 0.29) is 12.2 Å². The number of rotatable bonds is 6. The van der Waals surface area contributed by atoms with Crippen LogP contribution in [0.15, 0.2) is 60.8 Å². The number of carbonyl (C=O) groups excluding carboxylic acids is 1. The quantitative estimate of drug-likeness (QED) is 0.597. The Morgan fingerprint density at radius 2 is 2.00 bits per heavy atom. The number of hydrogen-bond acceptors (Lipinski definition) is 4. The molecule has 5 rings (SSSR count). The molecule has 2 aliphatic rings. The average molecular weight is 421 g/mol. The standard InChI is InChI=1S/C25H28N2O4/c1-25-14-7-12-21(30-25)23(31-25)22(17-8-3-2-4-9-17)29-24(28)26-15-13-18-16-27-20-11-6-5-10-19(18)20/h2-6,8-11,16,21-23,27H,7,12-15H2,1H3,(H,26,28)/t21-,22-,23+,25-/m0/s1. The van der Waals surface area contributed by atoms with Crippen molar-refractivity contribution < 1.29 is 19.0 Å². The molecule has 0 radical (unpaired) electrons. The number of hydrogen-bond donors (Lipinski definition) is 2. The average Bonchev–Trinajstić information content (AvgIpc) is 3.30. The van der Waals surface area contributed by atoms with Crippen molar-refractivity contribution in [1.82, 2.24) is 10.3 Å². The fraction of sp³-hybridized carbons (Fsp3) is 0.400. The number of amides is 1. The fourth-order valence-corrected chi connectivity index (χ4v) is 4.76. The molecule has 1 aromatic heterocycles. The molecular weight excluding hydrogens is 392 g/mol. The summed E-state index contributed by atoms with van der Waals surface area (Å²) in [6.07, 6.45) is 4.21. The van der Waals surface area contributed by atoms with E-state index in [4.69, 9.17) is 14.2 Å². The molecule has 0 saturated carbocycles. The van der Waals surface area contributed by atoms with Crippen LogP contribution in [0.25, 0.3) is 10.9 Å². The highest BCUT2D eigenvalue weighted by atomic mass is 16.8. The predicted molar refractivity (Wildman–Crippen MR) is 118 cm³/mol. The summed E-state index contributed by atoms with van der Waals surface area (Å²) in [6, 6.07) is 17.9. The molecule has 0 unspecified atom stereocenters. The number of H-pyrrole nitrogens is 1. The smallest absolute Gasteiger partial charge is 0.407 e. The number of nitrogens with one attached hydrogen (secondary N) is 2. The Morgan fingerprint density at radius 1 is 1.19 bits per heavy atom. The Labute approximate surface area is 181 Å². The van der Waals surface area contributed by atoms with Crippen molar-refractivity contribution in [2.24, 2.45) is 0 Å². The largest absolute Gasteiger partial charge is 0.438 e. The van der Waals surface area contributed by atoms with Gasteiger partial charge in [-0.25, -0.2) is 4.79 Å². The van der Waals surface area contributed by atoms with Crippen molar-refractivity contribution in [2.75, 3.05) is 6.54 Å². The van der Waals surface area contributed by atoms with Crippen LogP contribution >= 0.6 is 0 Å². The number of carbonyl (C=O) groups is 1. The first-order valence-corrected chi connectivity index (χ1v) is 11.0. The van der Waals surface area contributed by atoms with Crippen molar-refractivity contribution in [3.8, 4) is 0 Å². The van der Waals surface area contributed by atoms with Gasteiger partial charge in [0.25, 0.3) is 0 Å². The highest BCUT2D eigenvalue weighted by molar-refractivity contribution is 5.83. The van der Waals surface area contributed by atoms with E-state index in [0.717, 1.165) is 36.8 Å². The van der Waals surface area contributed by atoms with E-state index in [0.29, 0.717) is 6.54 Å². The van der Waals surface area contributed by atoms with E-state index in [2.05, 4.69) is 16.4 Å². The molecule has 4 atom stereocenters. The molecule has 2 saturated heterocycles. The minimum Gasteiger partial charge on any atom is -0.438 e. The van der Waals surface area contributed by atoms with Gasteiger partial charge in [0, 0.05) is 30.1 Å². The molecule has 2 fully saturated rings. The molecule has 6 heteroatoms. The first-order chi connectivity index (χ1) is 15.1. The minimum absolute atomic E-state index is 0.0667. The minimum atomic E-state index is -0.588. The summed E-state index contributed by atoms with van der Waals surface area (Å²) in [7, 11) is 0. The number of ether oxygens (including phenoxy) is 3. The second-order valence-corrected chi connectivity index (χ2v) is 8.54. The van der Waals surface area contributed by atoms with E-state index >= 15 is 0 Å². The van der Waals surface area contributed by atoms with Gasteiger partial charge in [-0.05, 0) is 43.4 Å². The van der Waals surface area contributed by atoms with Crippen LogP contribution in [0.2, 0.25) is 0 Å². The predicted octanol–water partition coefficient (Wildman–Crippen LogP) is 4.86. The van der Waals surface area contributed by atoms with Crippen molar-refractivity contribution >= 4 is 17.0 Å². The molecule has 0 spiro atoms. The molecule has 6 nitrogen and oxygen atoms in total. The van der Waals surface area contributed by atoms with E-state index in [1.165, 1.54) is 10.9 Å². The van der Waals surface area contributed by atoms with Crippen LogP contribution in [-0.4, -0.2) is 35.6 Å². The number of para-hydroxylation sites is 1. The summed E-state index contributed by atoms with van der Waals surface area (Å²) in [5.74, 6) is -0.588. The topological polar surface area (TPSA) is 72.6 Å². The van der Waals surface area contributed by atoms with Crippen LogP contribution in [0.4, 0.5) is 4.79 Å². The van der Waals surface area contributed by atoms with Crippen LogP contribution in [0.5, 0.6) is 0 Å². The molecule has 2 N–H and O–H groups in total.